The van der Waals surface area contributed by atoms with Crippen LogP contribution in [0.2, 0.25) is 0 Å². The summed E-state index contributed by atoms with van der Waals surface area (Å²) in [6.07, 6.45) is 12.7. The van der Waals surface area contributed by atoms with Gasteiger partial charge in [0.1, 0.15) is 11.7 Å². The standard InChI is InChI=1S/C45H62N4O6/c1-7-15-30(40(53)38(52)26-45(5,6)32-19-12-9-13-20-32)24-37(51)39-33-21-14-18-31(33)28-49(39)43(55)41(44(2,3)4)48-42(54)34(29-16-10-8-11-17-29)25-36(50)35-27-46-22-23-47-35/h9,12-13,19-20,22-23,27,29-31,33-34,39,41H,7-8,10-11,14-18,21,24-26,28H2,1-6H3,(H,48,54)/t30?,31?,33-,34+,39-,41+/m0/s1. The van der Waals surface area contributed by atoms with E-state index in [1.54, 1.807) is 4.90 Å². The molecular formula is C45H62N4O6. The van der Waals surface area contributed by atoms with Gasteiger partial charge in [-0.15, -0.1) is 0 Å². The van der Waals surface area contributed by atoms with Gasteiger partial charge in [-0.3, -0.25) is 33.8 Å². The first kappa shape index (κ1) is 42.1. The molecule has 3 aliphatic rings. The zero-order valence-corrected chi connectivity index (χ0v) is 33.9. The first-order valence-electron chi connectivity index (χ1n) is 20.7. The van der Waals surface area contributed by atoms with E-state index in [1.165, 1.54) is 18.6 Å². The Kier molecular flexibility index (Phi) is 14.0. The Morgan fingerprint density at radius 2 is 1.58 bits per heavy atom. The summed E-state index contributed by atoms with van der Waals surface area (Å²) in [5.41, 5.74) is -0.0745. The molecule has 2 heterocycles. The summed E-state index contributed by atoms with van der Waals surface area (Å²) in [4.78, 5) is 94.2. The maximum absolute atomic E-state index is 14.8. The predicted molar refractivity (Wildman–Crippen MR) is 211 cm³/mol. The van der Waals surface area contributed by atoms with Crippen molar-refractivity contribution in [2.24, 2.45) is 35.0 Å². The molecule has 10 heteroatoms. The van der Waals surface area contributed by atoms with Gasteiger partial charge in [-0.1, -0.05) is 104 Å². The van der Waals surface area contributed by atoms with E-state index in [9.17, 15) is 28.8 Å². The molecule has 1 aromatic heterocycles. The Morgan fingerprint density at radius 3 is 2.22 bits per heavy atom. The lowest BCUT2D eigenvalue weighted by Crippen LogP contribution is -2.58. The first-order chi connectivity index (χ1) is 26.1. The van der Waals surface area contributed by atoms with Gasteiger partial charge in [0.05, 0.1) is 12.2 Å². The van der Waals surface area contributed by atoms with Crippen LogP contribution >= 0.6 is 0 Å². The molecule has 55 heavy (non-hydrogen) atoms. The number of rotatable bonds is 17. The molecule has 0 spiro atoms. The molecule has 2 amide bonds. The van der Waals surface area contributed by atoms with E-state index in [4.69, 9.17) is 0 Å². The Hall–Kier alpha value is -4.08. The Labute approximate surface area is 327 Å². The van der Waals surface area contributed by atoms with Crippen molar-refractivity contribution in [1.29, 1.82) is 0 Å². The highest BCUT2D eigenvalue weighted by molar-refractivity contribution is 6.38. The second kappa shape index (κ2) is 18.2. The molecule has 2 saturated carbocycles. The van der Waals surface area contributed by atoms with Gasteiger partial charge in [0.25, 0.3) is 0 Å². The average Bonchev–Trinajstić information content (AvgIpc) is 3.77. The van der Waals surface area contributed by atoms with Crippen molar-refractivity contribution in [1.82, 2.24) is 20.2 Å². The van der Waals surface area contributed by atoms with Crippen molar-refractivity contribution in [3.63, 3.8) is 0 Å². The number of nitrogens with zero attached hydrogens (tertiary/aromatic N) is 3. The minimum atomic E-state index is -0.943. The third-order valence-corrected chi connectivity index (χ3v) is 12.6. The molecule has 1 N–H and O–H groups in total. The van der Waals surface area contributed by atoms with Crippen molar-refractivity contribution in [2.75, 3.05) is 6.54 Å². The molecule has 6 atom stereocenters. The molecule has 0 bridgehead atoms. The number of Topliss-reactive ketones (excluding diaryl/α,β-unsaturated/α-hetero) is 4. The number of benzene rings is 1. The van der Waals surface area contributed by atoms with E-state index < -0.39 is 46.3 Å². The molecule has 2 aliphatic carbocycles. The lowest BCUT2D eigenvalue weighted by molar-refractivity contribution is -0.146. The maximum Gasteiger partial charge on any atom is 0.246 e. The molecule has 1 saturated heterocycles. The number of fused-ring (bicyclic) bond motifs is 1. The largest absolute Gasteiger partial charge is 0.344 e. The van der Waals surface area contributed by atoms with E-state index in [0.717, 1.165) is 56.9 Å². The van der Waals surface area contributed by atoms with Crippen molar-refractivity contribution < 1.29 is 28.8 Å². The Bertz CT molecular complexity index is 1680. The van der Waals surface area contributed by atoms with Gasteiger partial charge in [-0.2, -0.15) is 0 Å². The Morgan fingerprint density at radius 1 is 0.873 bits per heavy atom. The quantitative estimate of drug-likeness (QED) is 0.131. The topological polar surface area (TPSA) is 143 Å². The third-order valence-electron chi connectivity index (χ3n) is 12.6. The zero-order valence-electron chi connectivity index (χ0n) is 33.9. The summed E-state index contributed by atoms with van der Waals surface area (Å²) in [5, 5.41) is 3.11. The molecule has 10 nitrogen and oxygen atoms in total. The van der Waals surface area contributed by atoms with Gasteiger partial charge in [-0.05, 0) is 66.3 Å². The summed E-state index contributed by atoms with van der Waals surface area (Å²) in [5.74, 6) is -3.32. The summed E-state index contributed by atoms with van der Waals surface area (Å²) in [6, 6.07) is 7.99. The number of hydrogen-bond acceptors (Lipinski definition) is 8. The molecule has 298 valence electrons. The lowest BCUT2D eigenvalue weighted by atomic mass is 9.76. The van der Waals surface area contributed by atoms with Crippen LogP contribution in [0.4, 0.5) is 0 Å². The number of likely N-dealkylation sites (tertiary alicyclic amines) is 1. The van der Waals surface area contributed by atoms with Crippen molar-refractivity contribution in [3.05, 3.63) is 60.2 Å². The summed E-state index contributed by atoms with van der Waals surface area (Å²) >= 11 is 0. The van der Waals surface area contributed by atoms with Gasteiger partial charge >= 0.3 is 0 Å². The van der Waals surface area contributed by atoms with Crippen LogP contribution in [0.15, 0.2) is 48.9 Å². The van der Waals surface area contributed by atoms with Crippen LogP contribution in [-0.2, 0) is 29.4 Å². The fourth-order valence-corrected chi connectivity index (χ4v) is 9.51. The van der Waals surface area contributed by atoms with Crippen LogP contribution in [0.25, 0.3) is 0 Å². The fraction of sp³-hybridized carbons (Fsp3) is 0.644. The first-order valence-corrected chi connectivity index (χ1v) is 20.7. The summed E-state index contributed by atoms with van der Waals surface area (Å²) in [6.45, 7) is 12.0. The van der Waals surface area contributed by atoms with Crippen LogP contribution in [-0.4, -0.2) is 68.4 Å². The maximum atomic E-state index is 14.8. The molecule has 3 fully saturated rings. The number of ketones is 4. The van der Waals surface area contributed by atoms with Crippen LogP contribution < -0.4 is 5.32 Å². The van der Waals surface area contributed by atoms with Crippen LogP contribution in [0.5, 0.6) is 0 Å². The lowest BCUT2D eigenvalue weighted by Gasteiger charge is -2.38. The van der Waals surface area contributed by atoms with Crippen molar-refractivity contribution in [3.8, 4) is 0 Å². The molecule has 1 aliphatic heterocycles. The Balaban J connectivity index is 1.35. The van der Waals surface area contributed by atoms with Crippen LogP contribution in [0, 0.1) is 35.0 Å². The number of carbonyl (C=O) groups excluding carboxylic acids is 6. The summed E-state index contributed by atoms with van der Waals surface area (Å²) < 4.78 is 0. The summed E-state index contributed by atoms with van der Waals surface area (Å²) in [7, 11) is 0. The molecule has 1 aromatic carbocycles. The van der Waals surface area contributed by atoms with E-state index >= 15 is 0 Å². The van der Waals surface area contributed by atoms with Crippen LogP contribution in [0.1, 0.15) is 141 Å². The second-order valence-electron chi connectivity index (χ2n) is 18.2. The van der Waals surface area contributed by atoms with Gasteiger partial charge in [0.15, 0.2) is 17.3 Å². The number of nitrogens with one attached hydrogen (secondary N) is 1. The highest BCUT2D eigenvalue weighted by Gasteiger charge is 2.52. The molecular weight excluding hydrogens is 693 g/mol. The second-order valence-corrected chi connectivity index (χ2v) is 18.2. The highest BCUT2D eigenvalue weighted by atomic mass is 16.2. The minimum Gasteiger partial charge on any atom is -0.344 e. The van der Waals surface area contributed by atoms with Crippen molar-refractivity contribution in [2.45, 2.75) is 143 Å². The minimum absolute atomic E-state index is 0.000393. The molecule has 2 aromatic rings. The van der Waals surface area contributed by atoms with Gasteiger partial charge in [0, 0.05) is 50.0 Å². The van der Waals surface area contributed by atoms with E-state index in [0.29, 0.717) is 19.4 Å². The van der Waals surface area contributed by atoms with Gasteiger partial charge in [-0.25, -0.2) is 4.98 Å². The third kappa shape index (κ3) is 10.2. The smallest absolute Gasteiger partial charge is 0.246 e. The molecule has 5 rings (SSSR count). The fourth-order valence-electron chi connectivity index (χ4n) is 9.51. The SMILES string of the molecule is CCCC(CC(=O)[C@@H]1[C@H]2CCCC2CN1C(=O)[C@@H](NC(=O)[C@H](CC(=O)c1cnccn1)C1CCCCC1)C(C)(C)C)C(=O)C(=O)CC(C)(C)c1ccccc1. The van der Waals surface area contributed by atoms with Gasteiger partial charge < -0.3 is 10.2 Å². The molecule has 2 unspecified atom stereocenters. The van der Waals surface area contributed by atoms with E-state index in [-0.39, 0.29) is 66.1 Å². The van der Waals surface area contributed by atoms with E-state index in [1.807, 2.05) is 71.9 Å². The number of aromatic nitrogens is 2. The van der Waals surface area contributed by atoms with Gasteiger partial charge in [0.2, 0.25) is 17.6 Å². The highest BCUT2D eigenvalue weighted by Crippen LogP contribution is 2.44. The molecule has 0 radical (unpaired) electrons. The number of amides is 2. The van der Waals surface area contributed by atoms with Crippen molar-refractivity contribution >= 4 is 34.9 Å². The number of hydrogen-bond donors (Lipinski definition) is 1. The zero-order chi connectivity index (χ0) is 39.9. The average molecular weight is 755 g/mol. The number of carbonyl (C=O) groups is 6. The van der Waals surface area contributed by atoms with E-state index in [2.05, 4.69) is 15.3 Å². The normalized spacial score (nSPS) is 22.0. The van der Waals surface area contributed by atoms with Crippen LogP contribution in [0.3, 0.4) is 0 Å². The monoisotopic (exact) mass is 754 g/mol. The predicted octanol–water partition coefficient (Wildman–Crippen LogP) is 7.29.